The lowest BCUT2D eigenvalue weighted by Crippen LogP contribution is -2.40. The van der Waals surface area contributed by atoms with E-state index in [4.69, 9.17) is 9.26 Å². The van der Waals surface area contributed by atoms with Gasteiger partial charge in [0.2, 0.25) is 15.8 Å². The Kier molecular flexibility index (Phi) is 3.40. The number of amides is 1. The number of carbonyl (C=O) groups is 1. The van der Waals surface area contributed by atoms with E-state index in [2.05, 4.69) is 5.16 Å². The second-order valence-corrected chi connectivity index (χ2v) is 7.41. The molecule has 9 heteroatoms. The molecule has 116 valence electrons. The van der Waals surface area contributed by atoms with E-state index in [1.807, 2.05) is 0 Å². The summed E-state index contributed by atoms with van der Waals surface area (Å²) in [7, 11) is -1.78. The van der Waals surface area contributed by atoms with Crippen LogP contribution in [0.4, 0.5) is 0 Å². The Bertz CT molecular complexity index is 656. The largest absolute Gasteiger partial charge is 0.479 e. The molecule has 0 aliphatic carbocycles. The molecule has 2 atom stereocenters. The first kappa shape index (κ1) is 14.3. The first-order chi connectivity index (χ1) is 9.90. The van der Waals surface area contributed by atoms with Crippen molar-refractivity contribution in [3.05, 3.63) is 11.8 Å². The van der Waals surface area contributed by atoms with Crippen LogP contribution >= 0.6 is 0 Å². The summed E-state index contributed by atoms with van der Waals surface area (Å²) < 4.78 is 34.6. The minimum atomic E-state index is -3.22. The molecule has 3 rings (SSSR count). The van der Waals surface area contributed by atoms with Crippen LogP contribution in [0.25, 0.3) is 0 Å². The average molecular weight is 315 g/mol. The number of fused-ring (bicyclic) bond motifs is 1. The fourth-order valence-electron chi connectivity index (χ4n) is 3.04. The van der Waals surface area contributed by atoms with Crippen molar-refractivity contribution in [3.8, 4) is 5.88 Å². The third-order valence-corrected chi connectivity index (χ3v) is 5.39. The van der Waals surface area contributed by atoms with Crippen LogP contribution in [-0.4, -0.2) is 67.7 Å². The van der Waals surface area contributed by atoms with Crippen LogP contribution in [0.1, 0.15) is 17.0 Å². The van der Waals surface area contributed by atoms with Crippen molar-refractivity contribution in [2.75, 3.05) is 33.0 Å². The number of methoxy groups -OCH3 is 1. The van der Waals surface area contributed by atoms with E-state index in [1.165, 1.54) is 23.7 Å². The lowest BCUT2D eigenvalue weighted by atomic mass is 10.1. The van der Waals surface area contributed by atoms with Gasteiger partial charge in [-0.1, -0.05) is 0 Å². The van der Waals surface area contributed by atoms with Crippen molar-refractivity contribution in [1.82, 2.24) is 14.4 Å². The van der Waals surface area contributed by atoms with Crippen LogP contribution in [0.15, 0.2) is 10.6 Å². The molecule has 0 N–H and O–H groups in total. The van der Waals surface area contributed by atoms with Crippen LogP contribution in [0.2, 0.25) is 0 Å². The molecule has 0 bridgehead atoms. The summed E-state index contributed by atoms with van der Waals surface area (Å²) in [6.45, 7) is 1.43. The van der Waals surface area contributed by atoms with E-state index in [-0.39, 0.29) is 29.5 Å². The molecule has 0 spiro atoms. The third-order valence-electron chi connectivity index (χ3n) is 4.15. The zero-order chi connectivity index (χ0) is 15.2. The number of ether oxygens (including phenoxy) is 1. The molecule has 1 aromatic heterocycles. The Balaban J connectivity index is 1.77. The minimum absolute atomic E-state index is 0.0941. The van der Waals surface area contributed by atoms with Gasteiger partial charge in [0.15, 0.2) is 0 Å². The predicted octanol–water partition coefficient (Wildman–Crippen LogP) is -0.211. The number of nitrogens with zero attached hydrogens (tertiary/aromatic N) is 3. The SMILES string of the molecule is COc1cc(C(=O)N2CC[C@H]3CN(S(C)(=O)=O)C[C@H]32)on1. The van der Waals surface area contributed by atoms with Crippen molar-refractivity contribution < 1.29 is 22.5 Å². The van der Waals surface area contributed by atoms with Crippen molar-refractivity contribution in [1.29, 1.82) is 0 Å². The van der Waals surface area contributed by atoms with E-state index in [1.54, 1.807) is 4.90 Å². The average Bonchev–Trinajstić information content (AvgIpc) is 3.11. The zero-order valence-corrected chi connectivity index (χ0v) is 12.7. The Morgan fingerprint density at radius 1 is 1.48 bits per heavy atom. The first-order valence-corrected chi connectivity index (χ1v) is 8.52. The molecule has 2 fully saturated rings. The number of hydrogen-bond acceptors (Lipinski definition) is 6. The topological polar surface area (TPSA) is 93.0 Å². The number of rotatable bonds is 3. The molecule has 8 nitrogen and oxygen atoms in total. The van der Waals surface area contributed by atoms with E-state index >= 15 is 0 Å². The van der Waals surface area contributed by atoms with Gasteiger partial charge in [0, 0.05) is 19.6 Å². The van der Waals surface area contributed by atoms with Gasteiger partial charge in [-0.3, -0.25) is 4.79 Å². The molecular weight excluding hydrogens is 298 g/mol. The number of carbonyl (C=O) groups excluding carboxylic acids is 1. The van der Waals surface area contributed by atoms with Gasteiger partial charge in [0.1, 0.15) is 0 Å². The van der Waals surface area contributed by atoms with E-state index < -0.39 is 10.0 Å². The molecule has 21 heavy (non-hydrogen) atoms. The summed E-state index contributed by atoms with van der Waals surface area (Å²) in [5.41, 5.74) is 0. The Labute approximate surface area is 122 Å². The maximum atomic E-state index is 12.4. The summed E-state index contributed by atoms with van der Waals surface area (Å²) in [6, 6.07) is 1.35. The van der Waals surface area contributed by atoms with Crippen molar-refractivity contribution in [2.24, 2.45) is 5.92 Å². The smallest absolute Gasteiger partial charge is 0.292 e. The van der Waals surface area contributed by atoms with Crippen LogP contribution in [-0.2, 0) is 10.0 Å². The van der Waals surface area contributed by atoms with Gasteiger partial charge in [-0.25, -0.2) is 8.42 Å². The summed E-state index contributed by atoms with van der Waals surface area (Å²) in [4.78, 5) is 14.1. The van der Waals surface area contributed by atoms with Gasteiger partial charge < -0.3 is 14.2 Å². The molecule has 0 unspecified atom stereocenters. The Morgan fingerprint density at radius 2 is 2.24 bits per heavy atom. The second-order valence-electron chi connectivity index (χ2n) is 5.43. The summed E-state index contributed by atoms with van der Waals surface area (Å²) in [5, 5.41) is 3.62. The molecule has 3 heterocycles. The van der Waals surface area contributed by atoms with E-state index in [0.29, 0.717) is 19.6 Å². The van der Waals surface area contributed by atoms with Gasteiger partial charge in [-0.2, -0.15) is 4.31 Å². The van der Waals surface area contributed by atoms with Gasteiger partial charge in [0.25, 0.3) is 11.8 Å². The van der Waals surface area contributed by atoms with Crippen molar-refractivity contribution >= 4 is 15.9 Å². The minimum Gasteiger partial charge on any atom is -0.479 e. The van der Waals surface area contributed by atoms with Crippen LogP contribution in [0.3, 0.4) is 0 Å². The molecule has 2 aliphatic rings. The highest BCUT2D eigenvalue weighted by molar-refractivity contribution is 7.88. The quantitative estimate of drug-likeness (QED) is 0.766. The third kappa shape index (κ3) is 2.51. The highest BCUT2D eigenvalue weighted by atomic mass is 32.2. The maximum Gasteiger partial charge on any atom is 0.292 e. The molecule has 0 saturated carbocycles. The van der Waals surface area contributed by atoms with E-state index in [0.717, 1.165) is 6.42 Å². The molecular formula is C12H17N3O5S. The summed E-state index contributed by atoms with van der Waals surface area (Å²) >= 11 is 0. The Hall–Kier alpha value is -1.61. The lowest BCUT2D eigenvalue weighted by molar-refractivity contribution is 0.0690. The molecule has 0 aromatic carbocycles. The zero-order valence-electron chi connectivity index (χ0n) is 11.9. The van der Waals surface area contributed by atoms with Crippen LogP contribution in [0.5, 0.6) is 5.88 Å². The number of sulfonamides is 1. The standard InChI is InChI=1S/C12H17N3O5S/c1-19-11-5-10(20-13-11)12(16)15-4-3-8-6-14(7-9(8)15)21(2,17)18/h5,8-9H,3-4,6-7H2,1-2H3/t8-,9+/m0/s1. The van der Waals surface area contributed by atoms with Gasteiger partial charge in [0.05, 0.1) is 25.5 Å². The van der Waals surface area contributed by atoms with Gasteiger partial charge in [-0.05, 0) is 17.5 Å². The highest BCUT2D eigenvalue weighted by Gasteiger charge is 2.46. The fourth-order valence-corrected chi connectivity index (χ4v) is 3.93. The van der Waals surface area contributed by atoms with Crippen LogP contribution in [0, 0.1) is 5.92 Å². The number of likely N-dealkylation sites (tertiary alicyclic amines) is 1. The normalized spacial score (nSPS) is 26.1. The molecule has 1 amide bonds. The molecule has 2 aliphatic heterocycles. The molecule has 0 radical (unpaired) electrons. The fraction of sp³-hybridized carbons (Fsp3) is 0.667. The monoisotopic (exact) mass is 315 g/mol. The predicted molar refractivity (Wildman–Crippen MR) is 72.4 cm³/mol. The Morgan fingerprint density at radius 3 is 2.86 bits per heavy atom. The molecule has 1 aromatic rings. The van der Waals surface area contributed by atoms with Crippen molar-refractivity contribution in [3.63, 3.8) is 0 Å². The van der Waals surface area contributed by atoms with Crippen molar-refractivity contribution in [2.45, 2.75) is 12.5 Å². The first-order valence-electron chi connectivity index (χ1n) is 6.67. The van der Waals surface area contributed by atoms with Gasteiger partial charge in [-0.15, -0.1) is 0 Å². The highest BCUT2D eigenvalue weighted by Crippen LogP contribution is 2.33. The second kappa shape index (κ2) is 4.99. The van der Waals surface area contributed by atoms with Gasteiger partial charge >= 0.3 is 0 Å². The molecule has 2 saturated heterocycles. The summed E-state index contributed by atoms with van der Waals surface area (Å²) in [5.74, 6) is 0.283. The van der Waals surface area contributed by atoms with E-state index in [9.17, 15) is 13.2 Å². The number of hydrogen-bond donors (Lipinski definition) is 0. The summed E-state index contributed by atoms with van der Waals surface area (Å²) in [6.07, 6.45) is 2.00. The number of aromatic nitrogens is 1. The van der Waals surface area contributed by atoms with Crippen LogP contribution < -0.4 is 4.74 Å². The maximum absolute atomic E-state index is 12.4. The lowest BCUT2D eigenvalue weighted by Gasteiger charge is -2.23.